The van der Waals surface area contributed by atoms with E-state index in [-0.39, 0.29) is 18.2 Å². The fraction of sp³-hybridized carbons (Fsp3) is 0.0833. The zero-order chi connectivity index (χ0) is 19.5. The van der Waals surface area contributed by atoms with Gasteiger partial charge < -0.3 is 4.74 Å². The number of hydrogen-bond acceptors (Lipinski definition) is 3. The Morgan fingerprint density at radius 1 is 0.857 bits per heavy atom. The summed E-state index contributed by atoms with van der Waals surface area (Å²) in [5.41, 5.74) is 2.60. The molecule has 0 saturated carbocycles. The smallest absolute Gasteiger partial charge is 0.312 e. The van der Waals surface area contributed by atoms with Crippen LogP contribution in [-0.4, -0.2) is 11.8 Å². The van der Waals surface area contributed by atoms with Crippen molar-refractivity contribution in [2.45, 2.75) is 12.3 Å². The van der Waals surface area contributed by atoms with Crippen molar-refractivity contribution in [2.75, 3.05) is 0 Å². The van der Waals surface area contributed by atoms with E-state index in [1.807, 2.05) is 60.7 Å². The highest BCUT2D eigenvalue weighted by Gasteiger charge is 2.35. The maximum atomic E-state index is 13.5. The van der Waals surface area contributed by atoms with Gasteiger partial charge in [-0.15, -0.1) is 0 Å². The van der Waals surface area contributed by atoms with Crippen molar-refractivity contribution in [2.24, 2.45) is 0 Å². The third-order valence-electron chi connectivity index (χ3n) is 4.77. The lowest BCUT2D eigenvalue weighted by atomic mass is 9.81. The molecule has 138 valence electrons. The number of Topliss-reactive ketones (excluding diaryl/α,β-unsaturated/α-hetero) is 1. The van der Waals surface area contributed by atoms with Crippen LogP contribution >= 0.6 is 11.6 Å². The number of carbonyl (C=O) groups excluding carboxylic acids is 2. The highest BCUT2D eigenvalue weighted by molar-refractivity contribution is 6.30. The van der Waals surface area contributed by atoms with Crippen molar-refractivity contribution in [1.82, 2.24) is 0 Å². The minimum absolute atomic E-state index is 0.103. The van der Waals surface area contributed by atoms with Gasteiger partial charge in [-0.2, -0.15) is 0 Å². The van der Waals surface area contributed by atoms with Crippen molar-refractivity contribution >= 4 is 29.1 Å². The summed E-state index contributed by atoms with van der Waals surface area (Å²) < 4.78 is 5.60. The first-order chi connectivity index (χ1) is 13.6. The molecule has 0 aliphatic carbocycles. The van der Waals surface area contributed by atoms with Crippen molar-refractivity contribution in [1.29, 1.82) is 0 Å². The number of allylic oxidation sites excluding steroid dienone is 1. The zero-order valence-corrected chi connectivity index (χ0v) is 15.7. The number of benzene rings is 3. The molecular weight excluding hydrogens is 372 g/mol. The monoisotopic (exact) mass is 388 g/mol. The van der Waals surface area contributed by atoms with E-state index in [4.69, 9.17) is 16.3 Å². The van der Waals surface area contributed by atoms with Crippen molar-refractivity contribution < 1.29 is 14.3 Å². The van der Waals surface area contributed by atoms with Gasteiger partial charge in [0.15, 0.2) is 5.78 Å². The lowest BCUT2D eigenvalue weighted by molar-refractivity contribution is -0.137. The Morgan fingerprint density at radius 2 is 1.46 bits per heavy atom. The largest absolute Gasteiger partial charge is 0.425 e. The van der Waals surface area contributed by atoms with E-state index < -0.39 is 5.92 Å². The molecule has 1 aliphatic rings. The van der Waals surface area contributed by atoms with Crippen LogP contribution in [0.2, 0.25) is 5.02 Å². The van der Waals surface area contributed by atoms with E-state index in [2.05, 4.69) is 0 Å². The van der Waals surface area contributed by atoms with Crippen LogP contribution in [-0.2, 0) is 9.53 Å². The molecule has 0 radical (unpaired) electrons. The molecule has 0 spiro atoms. The third kappa shape index (κ3) is 3.62. The molecule has 3 nitrogen and oxygen atoms in total. The summed E-state index contributed by atoms with van der Waals surface area (Å²) in [4.78, 5) is 25.9. The number of ketones is 1. The van der Waals surface area contributed by atoms with Crippen LogP contribution in [0, 0.1) is 0 Å². The quantitative estimate of drug-likeness (QED) is 0.427. The van der Waals surface area contributed by atoms with Crippen LogP contribution in [0.5, 0.6) is 0 Å². The molecule has 0 fully saturated rings. The van der Waals surface area contributed by atoms with Gasteiger partial charge in [0.1, 0.15) is 5.76 Å². The molecule has 3 aromatic carbocycles. The number of halogens is 1. The number of ether oxygens (including phenoxy) is 1. The van der Waals surface area contributed by atoms with Gasteiger partial charge in [-0.05, 0) is 17.7 Å². The number of esters is 1. The minimum atomic E-state index is -0.401. The lowest BCUT2D eigenvalue weighted by Gasteiger charge is -2.27. The number of rotatable bonds is 4. The fourth-order valence-electron chi connectivity index (χ4n) is 3.43. The summed E-state index contributed by atoms with van der Waals surface area (Å²) in [7, 11) is 0. The Kier molecular flexibility index (Phi) is 5.09. The zero-order valence-electron chi connectivity index (χ0n) is 15.0. The maximum Gasteiger partial charge on any atom is 0.312 e. The first-order valence-electron chi connectivity index (χ1n) is 8.99. The Balaban J connectivity index is 1.92. The standard InChI is InChI=1S/C24H17ClO3/c25-19-13-11-16(12-14-19)20-15-21(26)28-24(18-9-5-2-6-10-18)22(20)23(27)17-7-3-1-4-8-17/h1-14,20H,15H2/t20-/m1/s1. The molecule has 1 heterocycles. The molecule has 0 N–H and O–H groups in total. The molecule has 0 amide bonds. The van der Waals surface area contributed by atoms with Crippen LogP contribution in [0.25, 0.3) is 5.76 Å². The first-order valence-corrected chi connectivity index (χ1v) is 9.37. The lowest BCUT2D eigenvalue weighted by Crippen LogP contribution is -2.24. The topological polar surface area (TPSA) is 43.4 Å². The normalized spacial score (nSPS) is 16.6. The highest BCUT2D eigenvalue weighted by Crippen LogP contribution is 2.40. The summed E-state index contributed by atoms with van der Waals surface area (Å²) in [6.45, 7) is 0. The van der Waals surface area contributed by atoms with Gasteiger partial charge in [0.25, 0.3) is 0 Å². The average Bonchev–Trinajstić information content (AvgIpc) is 2.74. The van der Waals surface area contributed by atoms with E-state index in [0.29, 0.717) is 27.5 Å². The van der Waals surface area contributed by atoms with Gasteiger partial charge in [-0.1, -0.05) is 84.4 Å². The number of carbonyl (C=O) groups is 2. The van der Waals surface area contributed by atoms with E-state index >= 15 is 0 Å². The average molecular weight is 389 g/mol. The van der Waals surface area contributed by atoms with E-state index in [9.17, 15) is 9.59 Å². The molecule has 0 saturated heterocycles. The summed E-state index contributed by atoms with van der Waals surface area (Å²) in [5.74, 6) is -0.581. The second-order valence-corrected chi connectivity index (χ2v) is 7.02. The number of cyclic esters (lactones) is 1. The Labute approximate surface area is 168 Å². The maximum absolute atomic E-state index is 13.5. The van der Waals surface area contributed by atoms with Crippen LogP contribution in [0.3, 0.4) is 0 Å². The predicted molar refractivity (Wildman–Crippen MR) is 109 cm³/mol. The van der Waals surface area contributed by atoms with Crippen LogP contribution in [0.15, 0.2) is 90.5 Å². The van der Waals surface area contributed by atoms with Crippen LogP contribution in [0.1, 0.15) is 33.8 Å². The molecule has 4 heteroatoms. The highest BCUT2D eigenvalue weighted by atomic mass is 35.5. The second kappa shape index (κ2) is 7.83. The summed E-state index contributed by atoms with van der Waals surface area (Å²) in [6.07, 6.45) is 0.103. The molecule has 1 aliphatic heterocycles. The molecular formula is C24H17ClO3. The van der Waals surface area contributed by atoms with Crippen LogP contribution in [0.4, 0.5) is 0 Å². The molecule has 4 rings (SSSR count). The fourth-order valence-corrected chi connectivity index (χ4v) is 3.55. The van der Waals surface area contributed by atoms with E-state index in [1.54, 1.807) is 24.3 Å². The summed E-state index contributed by atoms with van der Waals surface area (Å²) >= 11 is 6.03. The van der Waals surface area contributed by atoms with Crippen molar-refractivity contribution in [3.8, 4) is 0 Å². The third-order valence-corrected chi connectivity index (χ3v) is 5.02. The molecule has 28 heavy (non-hydrogen) atoms. The van der Waals surface area contributed by atoms with Crippen molar-refractivity contribution in [3.63, 3.8) is 0 Å². The van der Waals surface area contributed by atoms with Gasteiger partial charge in [-0.3, -0.25) is 9.59 Å². The predicted octanol–water partition coefficient (Wildman–Crippen LogP) is 5.66. The Hall–Kier alpha value is -3.17. The van der Waals surface area contributed by atoms with Gasteiger partial charge in [0.2, 0.25) is 0 Å². The second-order valence-electron chi connectivity index (χ2n) is 6.59. The van der Waals surface area contributed by atoms with E-state index in [0.717, 1.165) is 5.56 Å². The molecule has 0 unspecified atom stereocenters. The first kappa shape index (κ1) is 18.2. The summed E-state index contributed by atoms with van der Waals surface area (Å²) in [5, 5.41) is 0.602. The van der Waals surface area contributed by atoms with Gasteiger partial charge in [-0.25, -0.2) is 0 Å². The molecule has 0 bridgehead atoms. The van der Waals surface area contributed by atoms with Crippen LogP contribution < -0.4 is 0 Å². The SMILES string of the molecule is O=C1C[C@H](c2ccc(Cl)cc2)C(C(=O)c2ccccc2)=C(c2ccccc2)O1. The molecule has 3 aromatic rings. The van der Waals surface area contributed by atoms with Gasteiger partial charge in [0.05, 0.1) is 12.0 Å². The van der Waals surface area contributed by atoms with Gasteiger partial charge in [0, 0.05) is 22.1 Å². The molecule has 0 aromatic heterocycles. The Morgan fingerprint density at radius 3 is 2.11 bits per heavy atom. The van der Waals surface area contributed by atoms with E-state index in [1.165, 1.54) is 0 Å². The van der Waals surface area contributed by atoms with Gasteiger partial charge >= 0.3 is 5.97 Å². The van der Waals surface area contributed by atoms with Crippen molar-refractivity contribution in [3.05, 3.63) is 112 Å². The minimum Gasteiger partial charge on any atom is -0.425 e. The number of hydrogen-bond donors (Lipinski definition) is 0. The summed E-state index contributed by atoms with van der Waals surface area (Å²) in [6, 6.07) is 25.6. The molecule has 1 atom stereocenters. The Bertz CT molecular complexity index is 1040.